The third kappa shape index (κ3) is 4.12. The molecular formula is C9H18N2O2. The van der Waals surface area contributed by atoms with Gasteiger partial charge in [-0.1, -0.05) is 6.42 Å². The maximum Gasteiger partial charge on any atom is 0.422 e. The Hall–Kier alpha value is -0.770. The number of amides is 1. The maximum atomic E-state index is 11.1. The first-order valence-corrected chi connectivity index (χ1v) is 4.72. The van der Waals surface area contributed by atoms with Crippen LogP contribution in [0.5, 0.6) is 0 Å². The van der Waals surface area contributed by atoms with Crippen LogP contribution in [0.4, 0.5) is 4.79 Å². The Morgan fingerprint density at radius 1 is 1.38 bits per heavy atom. The second-order valence-electron chi connectivity index (χ2n) is 4.40. The molecule has 4 heteroatoms. The van der Waals surface area contributed by atoms with Crippen molar-refractivity contribution < 1.29 is 9.53 Å². The molecule has 1 aliphatic rings. The zero-order valence-corrected chi connectivity index (χ0v) is 8.52. The minimum atomic E-state index is -0.425. The molecule has 1 rings (SSSR count). The molecule has 76 valence electrons. The van der Waals surface area contributed by atoms with Crippen molar-refractivity contribution in [3.63, 3.8) is 0 Å². The van der Waals surface area contributed by atoms with Gasteiger partial charge in [0.2, 0.25) is 0 Å². The van der Waals surface area contributed by atoms with E-state index >= 15 is 0 Å². The zero-order valence-electron chi connectivity index (χ0n) is 8.52. The highest BCUT2D eigenvalue weighted by atomic mass is 16.6. The molecule has 0 spiro atoms. The lowest BCUT2D eigenvalue weighted by molar-refractivity contribution is 0.0476. The number of nitrogens with one attached hydrogen (secondary N) is 2. The van der Waals surface area contributed by atoms with Crippen LogP contribution in [-0.2, 0) is 4.74 Å². The molecule has 1 amide bonds. The Kier molecular flexibility index (Phi) is 3.14. The van der Waals surface area contributed by atoms with Crippen molar-refractivity contribution in [2.75, 3.05) is 0 Å². The molecule has 0 aromatic rings. The topological polar surface area (TPSA) is 50.4 Å². The summed E-state index contributed by atoms with van der Waals surface area (Å²) in [6.45, 7) is 5.53. The van der Waals surface area contributed by atoms with Crippen molar-refractivity contribution in [3.8, 4) is 0 Å². The molecule has 0 aromatic carbocycles. The summed E-state index contributed by atoms with van der Waals surface area (Å²) in [5.41, 5.74) is 5.02. The first-order valence-electron chi connectivity index (χ1n) is 4.72. The molecule has 0 aromatic heterocycles. The third-order valence-corrected chi connectivity index (χ3v) is 1.88. The first kappa shape index (κ1) is 10.3. The van der Waals surface area contributed by atoms with Gasteiger partial charge in [-0.2, -0.15) is 0 Å². The summed E-state index contributed by atoms with van der Waals surface area (Å²) in [4.78, 5) is 11.1. The lowest BCUT2D eigenvalue weighted by Gasteiger charge is -2.27. The summed E-state index contributed by atoms with van der Waals surface area (Å²) in [5.74, 6) is 0. The smallest absolute Gasteiger partial charge is 0.422 e. The van der Waals surface area contributed by atoms with Gasteiger partial charge >= 0.3 is 6.09 Å². The van der Waals surface area contributed by atoms with E-state index in [4.69, 9.17) is 4.74 Å². The van der Waals surface area contributed by atoms with E-state index in [0.29, 0.717) is 6.04 Å². The van der Waals surface area contributed by atoms with E-state index in [0.717, 1.165) is 12.8 Å². The predicted octanol–water partition coefficient (Wildman–Crippen LogP) is 1.57. The van der Waals surface area contributed by atoms with Gasteiger partial charge in [0.1, 0.15) is 5.60 Å². The van der Waals surface area contributed by atoms with Crippen LogP contribution in [0, 0.1) is 0 Å². The third-order valence-electron chi connectivity index (χ3n) is 1.88. The molecule has 0 unspecified atom stereocenters. The van der Waals surface area contributed by atoms with Gasteiger partial charge in [0, 0.05) is 6.04 Å². The van der Waals surface area contributed by atoms with E-state index in [1.165, 1.54) is 6.42 Å². The number of carbonyl (C=O) groups is 1. The van der Waals surface area contributed by atoms with Crippen molar-refractivity contribution in [3.05, 3.63) is 0 Å². The van der Waals surface area contributed by atoms with Gasteiger partial charge < -0.3 is 4.74 Å². The number of carbonyl (C=O) groups excluding carboxylic acids is 1. The Morgan fingerprint density at radius 2 is 2.00 bits per heavy atom. The second kappa shape index (κ2) is 3.96. The highest BCUT2D eigenvalue weighted by molar-refractivity contribution is 5.67. The van der Waals surface area contributed by atoms with Crippen molar-refractivity contribution >= 4 is 6.09 Å². The minimum Gasteiger partial charge on any atom is -0.443 e. The van der Waals surface area contributed by atoms with Gasteiger partial charge in [-0.05, 0) is 33.6 Å². The average Bonchev–Trinajstić information content (AvgIpc) is 1.78. The number of rotatable bonds is 2. The quantitative estimate of drug-likeness (QED) is 0.643. The molecule has 1 aliphatic carbocycles. The minimum absolute atomic E-state index is 0.403. The van der Waals surface area contributed by atoms with Crippen LogP contribution in [0.3, 0.4) is 0 Å². The van der Waals surface area contributed by atoms with Crippen LogP contribution < -0.4 is 10.9 Å². The number of hydrogen-bond donors (Lipinski definition) is 2. The van der Waals surface area contributed by atoms with E-state index < -0.39 is 11.7 Å². The Balaban J connectivity index is 2.10. The zero-order chi connectivity index (χ0) is 9.90. The van der Waals surface area contributed by atoms with Gasteiger partial charge in [-0.3, -0.25) is 5.43 Å². The van der Waals surface area contributed by atoms with Crippen LogP contribution in [0.15, 0.2) is 0 Å². The van der Waals surface area contributed by atoms with Crippen LogP contribution in [0.25, 0.3) is 0 Å². The van der Waals surface area contributed by atoms with Crippen LogP contribution in [-0.4, -0.2) is 17.7 Å². The fourth-order valence-corrected chi connectivity index (χ4v) is 1.02. The fourth-order valence-electron chi connectivity index (χ4n) is 1.02. The Morgan fingerprint density at radius 3 is 2.38 bits per heavy atom. The number of hydrogen-bond acceptors (Lipinski definition) is 3. The van der Waals surface area contributed by atoms with Gasteiger partial charge in [-0.15, -0.1) is 0 Å². The largest absolute Gasteiger partial charge is 0.443 e. The van der Waals surface area contributed by atoms with E-state index in [1.54, 1.807) is 0 Å². The van der Waals surface area contributed by atoms with Gasteiger partial charge in [0.15, 0.2) is 0 Å². The van der Waals surface area contributed by atoms with E-state index in [1.807, 2.05) is 20.8 Å². The average molecular weight is 186 g/mol. The molecule has 0 aliphatic heterocycles. The molecule has 0 atom stereocenters. The lowest BCUT2D eigenvalue weighted by Crippen LogP contribution is -2.48. The predicted molar refractivity (Wildman–Crippen MR) is 50.1 cm³/mol. The molecular weight excluding hydrogens is 168 g/mol. The molecule has 2 N–H and O–H groups in total. The summed E-state index contributed by atoms with van der Waals surface area (Å²) >= 11 is 0. The fraction of sp³-hybridized carbons (Fsp3) is 0.889. The molecule has 0 heterocycles. The summed E-state index contributed by atoms with van der Waals surface area (Å²) in [6, 6.07) is 0.438. The number of ether oxygens (including phenoxy) is 1. The van der Waals surface area contributed by atoms with Gasteiger partial charge in [0.05, 0.1) is 0 Å². The van der Waals surface area contributed by atoms with Gasteiger partial charge in [0.25, 0.3) is 0 Å². The van der Waals surface area contributed by atoms with Crippen LogP contribution in [0.2, 0.25) is 0 Å². The molecule has 0 bridgehead atoms. The van der Waals surface area contributed by atoms with E-state index in [-0.39, 0.29) is 0 Å². The second-order valence-corrected chi connectivity index (χ2v) is 4.40. The van der Waals surface area contributed by atoms with Gasteiger partial charge in [-0.25, -0.2) is 10.2 Å². The highest BCUT2D eigenvalue weighted by Gasteiger charge is 2.20. The van der Waals surface area contributed by atoms with Crippen molar-refractivity contribution in [1.82, 2.24) is 10.9 Å². The SMILES string of the molecule is CC(C)(C)OC(=O)NNC1CCC1. The summed E-state index contributed by atoms with van der Waals surface area (Å²) in [5, 5.41) is 0. The van der Waals surface area contributed by atoms with E-state index in [9.17, 15) is 4.79 Å². The normalized spacial score (nSPS) is 17.8. The summed E-state index contributed by atoms with van der Waals surface area (Å²) < 4.78 is 5.04. The summed E-state index contributed by atoms with van der Waals surface area (Å²) in [7, 11) is 0. The molecule has 1 fully saturated rings. The molecule has 4 nitrogen and oxygen atoms in total. The first-order chi connectivity index (χ1) is 5.97. The van der Waals surface area contributed by atoms with Crippen LogP contribution >= 0.6 is 0 Å². The maximum absolute atomic E-state index is 11.1. The monoisotopic (exact) mass is 186 g/mol. The lowest BCUT2D eigenvalue weighted by atomic mass is 9.94. The molecule has 0 saturated heterocycles. The van der Waals surface area contributed by atoms with Crippen molar-refractivity contribution in [2.45, 2.75) is 51.7 Å². The molecule has 0 radical (unpaired) electrons. The van der Waals surface area contributed by atoms with Crippen LogP contribution in [0.1, 0.15) is 40.0 Å². The molecule has 13 heavy (non-hydrogen) atoms. The Bertz CT molecular complexity index is 183. The molecule has 1 saturated carbocycles. The van der Waals surface area contributed by atoms with Crippen molar-refractivity contribution in [2.24, 2.45) is 0 Å². The summed E-state index contributed by atoms with van der Waals surface area (Å²) in [6.07, 6.45) is 3.11. The highest BCUT2D eigenvalue weighted by Crippen LogP contribution is 2.17. The standard InChI is InChI=1S/C9H18N2O2/c1-9(2,3)13-8(12)11-10-7-5-4-6-7/h7,10H,4-6H2,1-3H3,(H,11,12). The Labute approximate surface area is 79.0 Å². The van der Waals surface area contributed by atoms with E-state index in [2.05, 4.69) is 10.9 Å². The number of hydrazine groups is 1. The van der Waals surface area contributed by atoms with Crippen molar-refractivity contribution in [1.29, 1.82) is 0 Å².